The van der Waals surface area contributed by atoms with Crippen molar-refractivity contribution in [1.82, 2.24) is 0 Å². The van der Waals surface area contributed by atoms with Gasteiger partial charge in [-0.3, -0.25) is 4.99 Å². The van der Waals surface area contributed by atoms with Crippen LogP contribution in [-0.4, -0.2) is 13.3 Å². The quantitative estimate of drug-likeness (QED) is 0.499. The van der Waals surface area contributed by atoms with Crippen LogP contribution in [0.1, 0.15) is 51.0 Å². The van der Waals surface area contributed by atoms with Crippen LogP contribution in [0.25, 0.3) is 0 Å². The maximum Gasteiger partial charge on any atom is 0.0991 e. The Morgan fingerprint density at radius 3 is 2.84 bits per heavy atom. The first-order valence-electron chi connectivity index (χ1n) is 11.2. The van der Waals surface area contributed by atoms with E-state index in [1.807, 2.05) is 0 Å². The van der Waals surface area contributed by atoms with E-state index in [-0.39, 0.29) is 5.41 Å². The predicted octanol–water partition coefficient (Wildman–Crippen LogP) is 6.85. The zero-order valence-corrected chi connectivity index (χ0v) is 18.6. The van der Waals surface area contributed by atoms with Crippen molar-refractivity contribution in [3.63, 3.8) is 0 Å². The van der Waals surface area contributed by atoms with Gasteiger partial charge in [0.05, 0.1) is 17.3 Å². The lowest BCUT2D eigenvalue weighted by atomic mass is 9.62. The average Bonchev–Trinajstić information content (AvgIpc) is 2.80. The van der Waals surface area contributed by atoms with Crippen molar-refractivity contribution in [3.8, 4) is 6.07 Å². The molecule has 3 unspecified atom stereocenters. The normalized spacial score (nSPS) is 27.4. The molecule has 0 aromatic heterocycles. The summed E-state index contributed by atoms with van der Waals surface area (Å²) < 4.78 is 0. The minimum absolute atomic E-state index is 0.288. The van der Waals surface area contributed by atoms with E-state index in [4.69, 9.17) is 0 Å². The van der Waals surface area contributed by atoms with E-state index >= 15 is 0 Å². The topological polar surface area (TPSA) is 39.4 Å². The van der Waals surface area contributed by atoms with E-state index in [1.54, 1.807) is 0 Å². The highest BCUT2D eigenvalue weighted by molar-refractivity contribution is 5.58. The fourth-order valence-electron chi connectivity index (χ4n) is 5.46. The summed E-state index contributed by atoms with van der Waals surface area (Å²) >= 11 is 0. The van der Waals surface area contributed by atoms with Crippen molar-refractivity contribution in [3.05, 3.63) is 89.3 Å². The Morgan fingerprint density at radius 2 is 2.16 bits per heavy atom. The van der Waals surface area contributed by atoms with E-state index in [1.165, 1.54) is 16.9 Å². The minimum Gasteiger partial charge on any atom is -0.344 e. The van der Waals surface area contributed by atoms with Crippen LogP contribution in [0.2, 0.25) is 0 Å². The number of hydrogen-bond acceptors (Lipinski definition) is 3. The van der Waals surface area contributed by atoms with Crippen LogP contribution < -0.4 is 4.90 Å². The number of aliphatic imine (C=N–C) groups is 1. The van der Waals surface area contributed by atoms with Gasteiger partial charge in [-0.2, -0.15) is 5.26 Å². The molecule has 3 aliphatic carbocycles. The molecule has 0 amide bonds. The Labute approximate surface area is 186 Å². The lowest BCUT2D eigenvalue weighted by Crippen LogP contribution is -2.38. The molecule has 4 rings (SSSR count). The molecule has 0 bridgehead atoms. The number of benzene rings is 1. The van der Waals surface area contributed by atoms with Gasteiger partial charge in [0.25, 0.3) is 0 Å². The Hall–Kier alpha value is -3.12. The van der Waals surface area contributed by atoms with Crippen LogP contribution in [0.5, 0.6) is 0 Å². The molecule has 0 radical (unpaired) electrons. The zero-order valence-electron chi connectivity index (χ0n) is 18.6. The van der Waals surface area contributed by atoms with E-state index in [2.05, 4.69) is 97.8 Å². The zero-order chi connectivity index (χ0) is 22.0. The molecule has 0 heterocycles. The molecule has 0 spiro atoms. The van der Waals surface area contributed by atoms with Gasteiger partial charge in [0, 0.05) is 29.3 Å². The van der Waals surface area contributed by atoms with E-state index in [0.29, 0.717) is 17.4 Å². The highest BCUT2D eigenvalue weighted by atomic mass is 15.2. The second-order valence-corrected chi connectivity index (χ2v) is 8.94. The van der Waals surface area contributed by atoms with Crippen LogP contribution in [0.4, 0.5) is 5.69 Å². The third-order valence-corrected chi connectivity index (χ3v) is 7.19. The third kappa shape index (κ3) is 3.72. The van der Waals surface area contributed by atoms with E-state index in [0.717, 1.165) is 43.5 Å². The van der Waals surface area contributed by atoms with E-state index < -0.39 is 0 Å². The molecule has 0 saturated carbocycles. The number of nitrogens with zero attached hydrogens (tertiary/aromatic N) is 3. The number of allylic oxidation sites excluding steroid dienone is 8. The van der Waals surface area contributed by atoms with Gasteiger partial charge >= 0.3 is 0 Å². The highest BCUT2D eigenvalue weighted by Gasteiger charge is 2.45. The SMILES string of the molecule is C=NC1=C(N(CC)c2cccc(C3C=CC=CC3)c2)CCC2CC(=C)C(C#N)=CC12C. The van der Waals surface area contributed by atoms with Crippen molar-refractivity contribution in [2.75, 3.05) is 11.4 Å². The summed E-state index contributed by atoms with van der Waals surface area (Å²) in [4.78, 5) is 6.96. The van der Waals surface area contributed by atoms with Crippen LogP contribution in [-0.2, 0) is 0 Å². The lowest BCUT2D eigenvalue weighted by Gasteiger charge is -2.46. The van der Waals surface area contributed by atoms with Crippen molar-refractivity contribution >= 4 is 12.4 Å². The van der Waals surface area contributed by atoms with Crippen molar-refractivity contribution in [2.24, 2.45) is 16.3 Å². The van der Waals surface area contributed by atoms with Crippen LogP contribution in [0.3, 0.4) is 0 Å². The molecular weight excluding hydrogens is 378 g/mol. The maximum absolute atomic E-state index is 9.62. The second kappa shape index (κ2) is 8.55. The fraction of sp³-hybridized carbons (Fsp3) is 0.357. The molecular formula is C28H31N3. The maximum atomic E-state index is 9.62. The van der Waals surface area contributed by atoms with Gasteiger partial charge in [-0.05, 0) is 68.5 Å². The lowest BCUT2D eigenvalue weighted by molar-refractivity contribution is 0.251. The van der Waals surface area contributed by atoms with Gasteiger partial charge in [0.1, 0.15) is 0 Å². The van der Waals surface area contributed by atoms with Crippen LogP contribution >= 0.6 is 0 Å². The fourth-order valence-corrected chi connectivity index (χ4v) is 5.46. The van der Waals surface area contributed by atoms with Gasteiger partial charge < -0.3 is 4.90 Å². The van der Waals surface area contributed by atoms with Gasteiger partial charge in [0.15, 0.2) is 0 Å². The summed E-state index contributed by atoms with van der Waals surface area (Å²) in [6, 6.07) is 11.2. The predicted molar refractivity (Wildman–Crippen MR) is 130 cm³/mol. The highest BCUT2D eigenvalue weighted by Crippen LogP contribution is 2.53. The summed E-state index contributed by atoms with van der Waals surface area (Å²) in [6.45, 7) is 13.4. The van der Waals surface area contributed by atoms with Crippen LogP contribution in [0.15, 0.2) is 88.8 Å². The summed E-state index contributed by atoms with van der Waals surface area (Å²) in [5.74, 6) is 0.832. The Kier molecular flexibility index (Phi) is 5.83. The molecule has 0 saturated heterocycles. The first-order chi connectivity index (χ1) is 15.0. The average molecular weight is 410 g/mol. The molecule has 1 aromatic rings. The molecule has 3 atom stereocenters. The Morgan fingerprint density at radius 1 is 1.32 bits per heavy atom. The number of nitriles is 1. The number of rotatable bonds is 5. The standard InChI is InChI=1S/C28H31N3/c1-5-31(25-13-9-12-22(17-25)21-10-7-6-8-11-21)26-15-14-24-16-20(2)23(19-29)18-28(24,3)27(26)30-4/h6-10,12-13,17-18,21,24H,2,4-5,11,14-16H2,1,3H3. The second-order valence-electron chi connectivity index (χ2n) is 8.94. The first-order valence-corrected chi connectivity index (χ1v) is 11.2. The molecule has 31 heavy (non-hydrogen) atoms. The molecule has 0 fully saturated rings. The van der Waals surface area contributed by atoms with Gasteiger partial charge in [-0.15, -0.1) is 0 Å². The number of anilines is 1. The summed E-state index contributed by atoms with van der Waals surface area (Å²) in [5.41, 5.74) is 6.14. The molecule has 3 aliphatic rings. The molecule has 0 N–H and O–H groups in total. The molecule has 3 nitrogen and oxygen atoms in total. The molecule has 158 valence electrons. The summed E-state index contributed by atoms with van der Waals surface area (Å²) in [6.07, 6.45) is 14.8. The minimum atomic E-state index is -0.288. The van der Waals surface area contributed by atoms with E-state index in [9.17, 15) is 5.26 Å². The van der Waals surface area contributed by atoms with Crippen LogP contribution in [0, 0.1) is 22.7 Å². The van der Waals surface area contributed by atoms with Gasteiger partial charge in [-0.25, -0.2) is 0 Å². The monoisotopic (exact) mass is 409 g/mol. The molecule has 3 heteroatoms. The van der Waals surface area contributed by atoms with Crippen molar-refractivity contribution in [2.45, 2.75) is 45.4 Å². The summed E-state index contributed by atoms with van der Waals surface area (Å²) in [5, 5.41) is 9.62. The largest absolute Gasteiger partial charge is 0.344 e. The number of hydrogen-bond donors (Lipinski definition) is 0. The third-order valence-electron chi connectivity index (χ3n) is 7.19. The number of fused-ring (bicyclic) bond motifs is 1. The molecule has 0 aliphatic heterocycles. The molecule has 1 aromatic carbocycles. The van der Waals surface area contributed by atoms with Crippen molar-refractivity contribution < 1.29 is 0 Å². The summed E-state index contributed by atoms with van der Waals surface area (Å²) in [7, 11) is 0. The Balaban J connectivity index is 1.77. The smallest absolute Gasteiger partial charge is 0.0991 e. The first kappa shape index (κ1) is 21.1. The Bertz CT molecular complexity index is 1060. The van der Waals surface area contributed by atoms with Gasteiger partial charge in [-0.1, -0.05) is 56.0 Å². The van der Waals surface area contributed by atoms with Crippen molar-refractivity contribution in [1.29, 1.82) is 5.26 Å². The van der Waals surface area contributed by atoms with Gasteiger partial charge in [0.2, 0.25) is 0 Å².